The topological polar surface area (TPSA) is 50.9 Å². The van der Waals surface area contributed by atoms with Gasteiger partial charge in [0.1, 0.15) is 10.8 Å². The van der Waals surface area contributed by atoms with E-state index in [1.165, 1.54) is 19.3 Å². The van der Waals surface area contributed by atoms with Crippen LogP contribution in [0.3, 0.4) is 0 Å². The molecule has 0 spiro atoms. The minimum absolute atomic E-state index is 0.334. The van der Waals surface area contributed by atoms with Crippen LogP contribution in [0.4, 0.5) is 5.82 Å². The fraction of sp³-hybridized carbons (Fsp3) is 0.538. The molecule has 1 aliphatic rings. The number of nitrogens with zero attached hydrogens (tertiary/aromatic N) is 1. The van der Waals surface area contributed by atoms with E-state index in [0.717, 1.165) is 5.82 Å². The van der Waals surface area contributed by atoms with Gasteiger partial charge in [-0.1, -0.05) is 38.6 Å². The smallest absolute Gasteiger partial charge is 0.126 e. The van der Waals surface area contributed by atoms with Crippen molar-refractivity contribution in [2.45, 2.75) is 39.2 Å². The summed E-state index contributed by atoms with van der Waals surface area (Å²) in [5, 5.41) is 3.50. The highest BCUT2D eigenvalue weighted by molar-refractivity contribution is 7.80. The lowest BCUT2D eigenvalue weighted by molar-refractivity contribution is 0.349. The Hall–Kier alpha value is -1.16. The summed E-state index contributed by atoms with van der Waals surface area (Å²) in [5.41, 5.74) is 6.60. The van der Waals surface area contributed by atoms with Crippen LogP contribution in [0.25, 0.3) is 0 Å². The molecule has 1 aromatic rings. The van der Waals surface area contributed by atoms with Crippen molar-refractivity contribution < 1.29 is 0 Å². The van der Waals surface area contributed by atoms with E-state index in [9.17, 15) is 0 Å². The van der Waals surface area contributed by atoms with Crippen molar-refractivity contribution in [3.63, 3.8) is 0 Å². The van der Waals surface area contributed by atoms with E-state index in [1.54, 1.807) is 0 Å². The second kappa shape index (κ2) is 4.61. The standard InChI is InChI=1S/C13H19N3S/c1-13(2)8-4-6-10(13)16-11-7-3-5-9(15-11)12(14)17/h3,5,7,10H,4,6,8H2,1-2H3,(H2,14,17)(H,15,16). The first kappa shape index (κ1) is 12.3. The van der Waals surface area contributed by atoms with Gasteiger partial charge >= 0.3 is 0 Å². The molecule has 0 aromatic carbocycles. The number of aromatic nitrogens is 1. The highest BCUT2D eigenvalue weighted by Crippen LogP contribution is 2.38. The lowest BCUT2D eigenvalue weighted by Gasteiger charge is -2.28. The third-order valence-corrected chi connectivity index (χ3v) is 3.79. The van der Waals surface area contributed by atoms with Crippen LogP contribution in [0.1, 0.15) is 38.8 Å². The number of hydrogen-bond donors (Lipinski definition) is 2. The van der Waals surface area contributed by atoms with Crippen LogP contribution < -0.4 is 11.1 Å². The van der Waals surface area contributed by atoms with Crippen LogP contribution >= 0.6 is 12.2 Å². The zero-order valence-corrected chi connectivity index (χ0v) is 11.2. The maximum atomic E-state index is 5.59. The molecule has 92 valence electrons. The van der Waals surface area contributed by atoms with Gasteiger partial charge in [-0.3, -0.25) is 0 Å². The van der Waals surface area contributed by atoms with Crippen LogP contribution in [0, 0.1) is 5.41 Å². The Morgan fingerprint density at radius 2 is 2.29 bits per heavy atom. The van der Waals surface area contributed by atoms with E-state index in [1.807, 2.05) is 18.2 Å². The number of anilines is 1. The van der Waals surface area contributed by atoms with Crippen LogP contribution in [-0.2, 0) is 0 Å². The number of hydrogen-bond acceptors (Lipinski definition) is 3. The van der Waals surface area contributed by atoms with E-state index < -0.39 is 0 Å². The molecule has 3 nitrogen and oxygen atoms in total. The van der Waals surface area contributed by atoms with Gasteiger partial charge < -0.3 is 11.1 Å². The zero-order chi connectivity index (χ0) is 12.5. The summed E-state index contributed by atoms with van der Waals surface area (Å²) >= 11 is 4.94. The van der Waals surface area contributed by atoms with E-state index in [2.05, 4.69) is 24.1 Å². The second-order valence-electron chi connectivity index (χ2n) is 5.35. The number of nitrogens with one attached hydrogen (secondary N) is 1. The molecule has 1 atom stereocenters. The van der Waals surface area contributed by atoms with Crippen LogP contribution in [0.2, 0.25) is 0 Å². The summed E-state index contributed by atoms with van der Waals surface area (Å²) < 4.78 is 0. The third kappa shape index (κ3) is 2.75. The van der Waals surface area contributed by atoms with E-state index in [-0.39, 0.29) is 0 Å². The Morgan fingerprint density at radius 3 is 2.88 bits per heavy atom. The van der Waals surface area contributed by atoms with Gasteiger partial charge in [-0.05, 0) is 30.4 Å². The van der Waals surface area contributed by atoms with Crippen LogP contribution in [0.15, 0.2) is 18.2 Å². The van der Waals surface area contributed by atoms with Crippen molar-refractivity contribution in [2.75, 3.05) is 5.32 Å². The number of nitrogens with two attached hydrogens (primary N) is 1. The Bertz CT molecular complexity index is 428. The molecule has 1 aromatic heterocycles. The Balaban J connectivity index is 2.13. The second-order valence-corrected chi connectivity index (χ2v) is 5.79. The average molecular weight is 249 g/mol. The fourth-order valence-corrected chi connectivity index (χ4v) is 2.54. The van der Waals surface area contributed by atoms with Gasteiger partial charge in [0.15, 0.2) is 0 Å². The molecular weight excluding hydrogens is 230 g/mol. The normalized spacial score (nSPS) is 22.4. The predicted molar refractivity (Wildman–Crippen MR) is 75.2 cm³/mol. The molecule has 1 fully saturated rings. The van der Waals surface area contributed by atoms with Crippen LogP contribution in [0.5, 0.6) is 0 Å². The van der Waals surface area contributed by atoms with Gasteiger partial charge in [0, 0.05) is 6.04 Å². The fourth-order valence-electron chi connectivity index (χ4n) is 2.43. The van der Waals surface area contributed by atoms with Crippen molar-refractivity contribution in [2.24, 2.45) is 11.1 Å². The minimum atomic E-state index is 0.334. The molecule has 1 aliphatic carbocycles. The monoisotopic (exact) mass is 249 g/mol. The molecule has 2 rings (SSSR count). The lowest BCUT2D eigenvalue weighted by Crippen LogP contribution is -2.31. The predicted octanol–water partition coefficient (Wildman–Crippen LogP) is 2.71. The third-order valence-electron chi connectivity index (χ3n) is 3.58. The Morgan fingerprint density at radius 1 is 1.53 bits per heavy atom. The van der Waals surface area contributed by atoms with Crippen molar-refractivity contribution in [3.05, 3.63) is 23.9 Å². The molecule has 0 saturated heterocycles. The summed E-state index contributed by atoms with van der Waals surface area (Å²) in [7, 11) is 0. The lowest BCUT2D eigenvalue weighted by atomic mass is 9.87. The van der Waals surface area contributed by atoms with Crippen molar-refractivity contribution in [3.8, 4) is 0 Å². The molecule has 1 saturated carbocycles. The Kier molecular flexibility index (Phi) is 3.33. The molecule has 0 aliphatic heterocycles. The maximum Gasteiger partial charge on any atom is 0.126 e. The van der Waals surface area contributed by atoms with Gasteiger partial charge in [-0.25, -0.2) is 4.98 Å². The van der Waals surface area contributed by atoms with Crippen molar-refractivity contribution in [1.29, 1.82) is 0 Å². The van der Waals surface area contributed by atoms with Crippen molar-refractivity contribution >= 4 is 23.0 Å². The SMILES string of the molecule is CC1(C)CCCC1Nc1cccc(C(N)=S)n1. The largest absolute Gasteiger partial charge is 0.388 e. The number of pyridine rings is 1. The summed E-state index contributed by atoms with van der Waals surface area (Å²) in [6.07, 6.45) is 3.74. The van der Waals surface area contributed by atoms with E-state index in [0.29, 0.717) is 22.1 Å². The van der Waals surface area contributed by atoms with Crippen LogP contribution in [-0.4, -0.2) is 16.0 Å². The molecule has 0 radical (unpaired) electrons. The summed E-state index contributed by atoms with van der Waals surface area (Å²) in [6, 6.07) is 6.23. The van der Waals surface area contributed by atoms with Crippen molar-refractivity contribution in [1.82, 2.24) is 4.98 Å². The number of rotatable bonds is 3. The highest BCUT2D eigenvalue weighted by Gasteiger charge is 2.34. The first-order chi connectivity index (χ1) is 7.99. The molecular formula is C13H19N3S. The first-order valence-electron chi connectivity index (χ1n) is 6.02. The van der Waals surface area contributed by atoms with E-state index in [4.69, 9.17) is 18.0 Å². The summed E-state index contributed by atoms with van der Waals surface area (Å²) in [4.78, 5) is 4.77. The minimum Gasteiger partial charge on any atom is -0.388 e. The highest BCUT2D eigenvalue weighted by atomic mass is 32.1. The van der Waals surface area contributed by atoms with Gasteiger partial charge in [0.2, 0.25) is 0 Å². The molecule has 1 heterocycles. The summed E-state index contributed by atoms with van der Waals surface area (Å²) in [6.45, 7) is 4.60. The quantitative estimate of drug-likeness (QED) is 0.809. The molecule has 17 heavy (non-hydrogen) atoms. The first-order valence-corrected chi connectivity index (χ1v) is 6.43. The van der Waals surface area contributed by atoms with E-state index >= 15 is 0 Å². The maximum absolute atomic E-state index is 5.59. The molecule has 3 N–H and O–H groups in total. The molecule has 4 heteroatoms. The number of thiocarbonyl (C=S) groups is 1. The van der Waals surface area contributed by atoms with Gasteiger partial charge in [0.05, 0.1) is 5.69 Å². The molecule has 0 bridgehead atoms. The Labute approximate surface area is 108 Å². The van der Waals surface area contributed by atoms with Gasteiger partial charge in [-0.15, -0.1) is 0 Å². The van der Waals surface area contributed by atoms with Gasteiger partial charge in [0.25, 0.3) is 0 Å². The average Bonchev–Trinajstić information content (AvgIpc) is 2.59. The molecule has 1 unspecified atom stereocenters. The zero-order valence-electron chi connectivity index (χ0n) is 10.4. The van der Waals surface area contributed by atoms with Gasteiger partial charge in [-0.2, -0.15) is 0 Å². The molecule has 0 amide bonds. The summed E-state index contributed by atoms with van der Waals surface area (Å²) in [5.74, 6) is 0.871.